The van der Waals surface area contributed by atoms with Crippen molar-refractivity contribution in [3.8, 4) is 11.5 Å². The van der Waals surface area contributed by atoms with Crippen molar-refractivity contribution in [1.29, 1.82) is 0 Å². The molecule has 0 bridgehead atoms. The highest BCUT2D eigenvalue weighted by atomic mass is 16.6. The molecule has 0 saturated carbocycles. The SMILES string of the molecule is O=C(c1ccc2c(c1)OCCO2)C1CCN(CC(O)Cn2cccn2)CC1. The van der Waals surface area contributed by atoms with Crippen LogP contribution in [0, 0.1) is 5.92 Å². The van der Waals surface area contributed by atoms with Crippen LogP contribution in [-0.4, -0.2) is 64.5 Å². The predicted octanol–water partition coefficient (Wildman–Crippen LogP) is 1.61. The first-order chi connectivity index (χ1) is 13.2. The summed E-state index contributed by atoms with van der Waals surface area (Å²) in [5, 5.41) is 14.4. The topological polar surface area (TPSA) is 76.8 Å². The fourth-order valence-electron chi connectivity index (χ4n) is 3.79. The highest BCUT2D eigenvalue weighted by Crippen LogP contribution is 2.32. The molecule has 1 saturated heterocycles. The lowest BCUT2D eigenvalue weighted by atomic mass is 9.88. The molecule has 7 nitrogen and oxygen atoms in total. The van der Waals surface area contributed by atoms with Crippen LogP contribution >= 0.6 is 0 Å². The molecule has 1 atom stereocenters. The Kier molecular flexibility index (Phi) is 5.40. The Balaban J connectivity index is 1.29. The van der Waals surface area contributed by atoms with E-state index >= 15 is 0 Å². The van der Waals surface area contributed by atoms with Crippen molar-refractivity contribution < 1.29 is 19.4 Å². The van der Waals surface area contributed by atoms with E-state index in [1.54, 1.807) is 16.9 Å². The fourth-order valence-corrected chi connectivity index (χ4v) is 3.79. The molecule has 2 aromatic rings. The standard InChI is InChI=1S/C20H25N3O4/c24-17(14-23-7-1-6-21-23)13-22-8-4-15(5-9-22)20(25)16-2-3-18-19(12-16)27-11-10-26-18/h1-3,6-7,12,15,17,24H,4-5,8-11,13-14H2. The van der Waals surface area contributed by atoms with Gasteiger partial charge in [-0.1, -0.05) is 0 Å². The summed E-state index contributed by atoms with van der Waals surface area (Å²) in [5.41, 5.74) is 0.691. The summed E-state index contributed by atoms with van der Waals surface area (Å²) < 4.78 is 12.8. The maximum atomic E-state index is 12.9. The van der Waals surface area contributed by atoms with Crippen molar-refractivity contribution >= 4 is 5.78 Å². The number of likely N-dealkylation sites (tertiary alicyclic amines) is 1. The molecule has 1 N–H and O–H groups in total. The maximum absolute atomic E-state index is 12.9. The minimum absolute atomic E-state index is 0.0204. The van der Waals surface area contributed by atoms with Crippen molar-refractivity contribution in [3.63, 3.8) is 0 Å². The van der Waals surface area contributed by atoms with Gasteiger partial charge in [0.05, 0.1) is 12.6 Å². The number of aliphatic hydroxyl groups is 1. The number of benzene rings is 1. The number of aliphatic hydroxyl groups excluding tert-OH is 1. The molecule has 1 fully saturated rings. The van der Waals surface area contributed by atoms with Crippen molar-refractivity contribution in [2.45, 2.75) is 25.5 Å². The van der Waals surface area contributed by atoms with Crippen LogP contribution in [0.25, 0.3) is 0 Å². The van der Waals surface area contributed by atoms with Crippen LogP contribution in [-0.2, 0) is 6.54 Å². The molecule has 1 unspecified atom stereocenters. The number of hydrogen-bond donors (Lipinski definition) is 1. The van der Waals surface area contributed by atoms with E-state index in [4.69, 9.17) is 9.47 Å². The van der Waals surface area contributed by atoms with Gasteiger partial charge in [0, 0.05) is 30.4 Å². The van der Waals surface area contributed by atoms with Gasteiger partial charge < -0.3 is 19.5 Å². The van der Waals surface area contributed by atoms with Crippen LogP contribution in [0.4, 0.5) is 0 Å². The summed E-state index contributed by atoms with van der Waals surface area (Å²) in [6.45, 7) is 3.79. The summed E-state index contributed by atoms with van der Waals surface area (Å²) in [5.74, 6) is 1.56. The highest BCUT2D eigenvalue weighted by Gasteiger charge is 2.27. The van der Waals surface area contributed by atoms with Gasteiger partial charge in [-0.25, -0.2) is 0 Å². The van der Waals surface area contributed by atoms with Gasteiger partial charge in [0.1, 0.15) is 13.2 Å². The Bertz CT molecular complexity index is 770. The monoisotopic (exact) mass is 371 g/mol. The number of rotatable bonds is 6. The molecule has 0 spiro atoms. The number of carbonyl (C=O) groups is 1. The lowest BCUT2D eigenvalue weighted by molar-refractivity contribution is 0.0668. The predicted molar refractivity (Wildman–Crippen MR) is 99.2 cm³/mol. The number of Topliss-reactive ketones (excluding diaryl/α,β-unsaturated/α-hetero) is 1. The Hall–Kier alpha value is -2.38. The maximum Gasteiger partial charge on any atom is 0.166 e. The first-order valence-electron chi connectivity index (χ1n) is 9.51. The molecule has 1 aromatic heterocycles. The van der Waals surface area contributed by atoms with E-state index in [-0.39, 0.29) is 11.7 Å². The van der Waals surface area contributed by atoms with Crippen molar-refractivity contribution in [1.82, 2.24) is 14.7 Å². The third-order valence-corrected chi connectivity index (χ3v) is 5.21. The first-order valence-corrected chi connectivity index (χ1v) is 9.51. The fraction of sp³-hybridized carbons (Fsp3) is 0.500. The average molecular weight is 371 g/mol. The summed E-state index contributed by atoms with van der Waals surface area (Å²) in [7, 11) is 0. The average Bonchev–Trinajstić information content (AvgIpc) is 3.20. The molecule has 144 valence electrons. The summed E-state index contributed by atoms with van der Waals surface area (Å²) >= 11 is 0. The van der Waals surface area contributed by atoms with Crippen molar-refractivity contribution in [2.24, 2.45) is 5.92 Å². The minimum atomic E-state index is -0.463. The number of hydrogen-bond acceptors (Lipinski definition) is 6. The van der Waals surface area contributed by atoms with Crippen LogP contribution in [0.15, 0.2) is 36.7 Å². The molecule has 2 aliphatic heterocycles. The van der Waals surface area contributed by atoms with E-state index < -0.39 is 6.10 Å². The van der Waals surface area contributed by atoms with E-state index in [0.29, 0.717) is 43.4 Å². The van der Waals surface area contributed by atoms with E-state index in [2.05, 4.69) is 10.00 Å². The number of ether oxygens (including phenoxy) is 2. The Labute approximate surface area is 158 Å². The van der Waals surface area contributed by atoms with Crippen LogP contribution in [0.5, 0.6) is 11.5 Å². The Morgan fingerprint density at radius 1 is 1.19 bits per heavy atom. The van der Waals surface area contributed by atoms with Gasteiger partial charge in [-0.05, 0) is 50.2 Å². The number of carbonyl (C=O) groups excluding carboxylic acids is 1. The number of nitrogens with zero attached hydrogens (tertiary/aromatic N) is 3. The lowest BCUT2D eigenvalue weighted by Gasteiger charge is -2.32. The Morgan fingerprint density at radius 2 is 1.96 bits per heavy atom. The highest BCUT2D eigenvalue weighted by molar-refractivity contribution is 5.98. The zero-order chi connectivity index (χ0) is 18.6. The molecular formula is C20H25N3O4. The second kappa shape index (κ2) is 8.10. The van der Waals surface area contributed by atoms with Crippen molar-refractivity contribution in [3.05, 3.63) is 42.2 Å². The van der Waals surface area contributed by atoms with Crippen LogP contribution in [0.1, 0.15) is 23.2 Å². The second-order valence-electron chi connectivity index (χ2n) is 7.18. The molecule has 0 amide bonds. The normalized spacial score (nSPS) is 19.0. The third kappa shape index (κ3) is 4.31. The molecular weight excluding hydrogens is 346 g/mol. The van der Waals surface area contributed by atoms with Gasteiger partial charge in [0.2, 0.25) is 0 Å². The van der Waals surface area contributed by atoms with Gasteiger partial charge >= 0.3 is 0 Å². The van der Waals surface area contributed by atoms with Crippen molar-refractivity contribution in [2.75, 3.05) is 32.8 Å². The van der Waals surface area contributed by atoms with Gasteiger partial charge in [0.25, 0.3) is 0 Å². The van der Waals surface area contributed by atoms with Gasteiger partial charge in [0.15, 0.2) is 17.3 Å². The minimum Gasteiger partial charge on any atom is -0.486 e. The summed E-state index contributed by atoms with van der Waals surface area (Å²) in [4.78, 5) is 15.1. The smallest absolute Gasteiger partial charge is 0.166 e. The van der Waals surface area contributed by atoms with Crippen LogP contribution in [0.2, 0.25) is 0 Å². The van der Waals surface area contributed by atoms with E-state index in [1.807, 2.05) is 24.4 Å². The van der Waals surface area contributed by atoms with E-state index in [1.165, 1.54) is 0 Å². The summed E-state index contributed by atoms with van der Waals surface area (Å²) in [6.07, 6.45) is 4.71. The number of β-amino-alcohol motifs (C(OH)–C–C–N with tert-alkyl or cyclic N) is 1. The molecule has 27 heavy (non-hydrogen) atoms. The number of fused-ring (bicyclic) bond motifs is 1. The van der Waals surface area contributed by atoms with E-state index in [9.17, 15) is 9.90 Å². The van der Waals surface area contributed by atoms with E-state index in [0.717, 1.165) is 25.9 Å². The van der Waals surface area contributed by atoms with Gasteiger partial charge in [-0.2, -0.15) is 5.10 Å². The molecule has 0 radical (unpaired) electrons. The van der Waals surface area contributed by atoms with Crippen LogP contribution < -0.4 is 9.47 Å². The first kappa shape index (κ1) is 18.0. The molecule has 1 aromatic carbocycles. The second-order valence-corrected chi connectivity index (χ2v) is 7.18. The molecule has 7 heteroatoms. The molecule has 0 aliphatic carbocycles. The number of aromatic nitrogens is 2. The Morgan fingerprint density at radius 3 is 2.70 bits per heavy atom. The molecule has 2 aliphatic rings. The van der Waals surface area contributed by atoms with Gasteiger partial charge in [-0.3, -0.25) is 9.48 Å². The lowest BCUT2D eigenvalue weighted by Crippen LogP contribution is -2.41. The summed E-state index contributed by atoms with van der Waals surface area (Å²) in [6, 6.07) is 7.30. The molecule has 4 rings (SSSR count). The third-order valence-electron chi connectivity index (χ3n) is 5.21. The largest absolute Gasteiger partial charge is 0.486 e. The molecule has 3 heterocycles. The number of piperidine rings is 1. The number of ketones is 1. The zero-order valence-electron chi connectivity index (χ0n) is 15.3. The quantitative estimate of drug-likeness (QED) is 0.778. The van der Waals surface area contributed by atoms with Gasteiger partial charge in [-0.15, -0.1) is 0 Å². The zero-order valence-corrected chi connectivity index (χ0v) is 15.3. The van der Waals surface area contributed by atoms with Crippen LogP contribution in [0.3, 0.4) is 0 Å².